The summed E-state index contributed by atoms with van der Waals surface area (Å²) in [5, 5.41) is 13.9. The second kappa shape index (κ2) is 19.6. The SMILES string of the molecule is CON=C(C(=O)N[C@@H]1C(=O)N2C(C(=O)OCc3ccc(OC)cc3)=C(C[n+]3ccc4c(ccn4Cc4cc(C(N)=Nc5nccs5)cs4)c3)CS[C@H]12)c1nc(NC(=O)OC(C)(C)C)sc1Cl. The van der Waals surface area contributed by atoms with Crippen molar-refractivity contribution in [1.29, 1.82) is 0 Å². The molecule has 0 unspecified atom stereocenters. The summed E-state index contributed by atoms with van der Waals surface area (Å²) < 4.78 is 20.5. The maximum Gasteiger partial charge on any atom is 0.413 e. The number of methoxy groups -OCH3 is 1. The van der Waals surface area contributed by atoms with Gasteiger partial charge in [0.1, 0.15) is 58.0 Å². The third-order valence-corrected chi connectivity index (χ3v) is 14.0. The molecule has 8 rings (SSSR count). The van der Waals surface area contributed by atoms with Crippen LogP contribution in [0.1, 0.15) is 42.5 Å². The van der Waals surface area contributed by atoms with Gasteiger partial charge in [-0.1, -0.05) is 40.2 Å². The number of hydrogen-bond acceptors (Lipinski definition) is 16. The molecule has 1 aromatic carbocycles. The van der Waals surface area contributed by atoms with Gasteiger partial charge in [-0.05, 0) is 50.6 Å². The summed E-state index contributed by atoms with van der Waals surface area (Å²) in [4.78, 5) is 74.7. The Kier molecular flexibility index (Phi) is 13.8. The molecular weight excluding hydrogens is 948 g/mol. The number of benzene rings is 1. The number of esters is 1. The van der Waals surface area contributed by atoms with Gasteiger partial charge in [0.15, 0.2) is 29.8 Å². The Labute approximate surface area is 399 Å². The first-order valence-electron chi connectivity index (χ1n) is 20.0. The molecule has 3 amide bonds. The number of thioether (sulfide) groups is 1. The number of fused-ring (bicyclic) bond motifs is 2. The first kappa shape index (κ1) is 46.2. The number of carbonyl (C=O) groups is 4. The fourth-order valence-electron chi connectivity index (χ4n) is 6.97. The number of nitrogens with zero attached hydrogens (tertiary/aromatic N) is 7. The highest BCUT2D eigenvalue weighted by atomic mass is 35.5. The monoisotopic (exact) mass is 989 g/mol. The Morgan fingerprint density at radius 1 is 1.11 bits per heavy atom. The van der Waals surface area contributed by atoms with E-state index in [1.165, 1.54) is 35.1 Å². The molecule has 2 atom stereocenters. The molecule has 0 bridgehead atoms. The highest BCUT2D eigenvalue weighted by Crippen LogP contribution is 2.41. The lowest BCUT2D eigenvalue weighted by Crippen LogP contribution is -2.71. The average Bonchev–Trinajstić information content (AvgIpc) is 4.12. The van der Waals surface area contributed by atoms with Crippen molar-refractivity contribution in [1.82, 2.24) is 24.8 Å². The van der Waals surface area contributed by atoms with Crippen LogP contribution in [-0.2, 0) is 48.4 Å². The molecule has 18 nitrogen and oxygen atoms in total. The molecule has 0 spiro atoms. The van der Waals surface area contributed by atoms with E-state index in [4.69, 9.17) is 36.4 Å². The number of amides is 3. The van der Waals surface area contributed by atoms with Crippen LogP contribution in [0.5, 0.6) is 5.75 Å². The molecule has 7 heterocycles. The predicted molar refractivity (Wildman–Crippen MR) is 253 cm³/mol. The van der Waals surface area contributed by atoms with E-state index in [1.54, 1.807) is 69.7 Å². The van der Waals surface area contributed by atoms with Crippen LogP contribution in [0.4, 0.5) is 15.1 Å². The van der Waals surface area contributed by atoms with E-state index in [2.05, 4.69) is 35.3 Å². The molecule has 0 saturated carbocycles. The Morgan fingerprint density at radius 3 is 2.64 bits per heavy atom. The summed E-state index contributed by atoms with van der Waals surface area (Å²) in [6, 6.07) is 12.1. The van der Waals surface area contributed by atoms with Crippen LogP contribution in [0.25, 0.3) is 10.9 Å². The van der Waals surface area contributed by atoms with Gasteiger partial charge in [0.25, 0.3) is 11.8 Å². The van der Waals surface area contributed by atoms with E-state index in [1.807, 2.05) is 52.1 Å². The number of pyridine rings is 1. The number of carbonyl (C=O) groups excluding carboxylic acids is 4. The van der Waals surface area contributed by atoms with Crippen molar-refractivity contribution in [3.8, 4) is 5.75 Å². The molecule has 5 aromatic heterocycles. The molecule has 6 aromatic rings. The van der Waals surface area contributed by atoms with Crippen LogP contribution < -0.4 is 25.7 Å². The van der Waals surface area contributed by atoms with Crippen molar-refractivity contribution < 1.29 is 42.8 Å². The summed E-state index contributed by atoms with van der Waals surface area (Å²) in [5.41, 5.74) is 8.40. The zero-order valence-corrected chi connectivity index (χ0v) is 40.0. The molecule has 342 valence electrons. The van der Waals surface area contributed by atoms with Gasteiger partial charge in [-0.25, -0.2) is 29.1 Å². The van der Waals surface area contributed by atoms with Gasteiger partial charge >= 0.3 is 12.1 Å². The lowest BCUT2D eigenvalue weighted by molar-refractivity contribution is -0.687. The minimum atomic E-state index is -1.06. The maximum absolute atomic E-state index is 14.1. The van der Waals surface area contributed by atoms with Crippen molar-refractivity contribution >= 4 is 114 Å². The molecular formula is C43H42ClN10O8S4+. The molecule has 2 aliphatic heterocycles. The quantitative estimate of drug-likeness (QED) is 0.0253. The topological polar surface area (TPSA) is 218 Å². The van der Waals surface area contributed by atoms with Crippen LogP contribution in [0.3, 0.4) is 0 Å². The molecule has 4 N–H and O–H groups in total. The fourth-order valence-corrected chi connectivity index (χ4v) is 10.7. The molecule has 2 aliphatic rings. The molecule has 23 heteroatoms. The van der Waals surface area contributed by atoms with Crippen molar-refractivity contribution in [3.63, 3.8) is 0 Å². The van der Waals surface area contributed by atoms with Crippen LogP contribution in [0, 0.1) is 0 Å². The first-order chi connectivity index (χ1) is 31.7. The number of nitrogens with one attached hydrogen (secondary N) is 2. The van der Waals surface area contributed by atoms with Crippen molar-refractivity contribution in [3.05, 3.63) is 115 Å². The minimum absolute atomic E-state index is 0.0265. The summed E-state index contributed by atoms with van der Waals surface area (Å²) in [5.74, 6) is -0.640. The van der Waals surface area contributed by atoms with E-state index in [0.29, 0.717) is 34.6 Å². The molecule has 1 fully saturated rings. The van der Waals surface area contributed by atoms with Gasteiger partial charge in [-0.3, -0.25) is 19.8 Å². The van der Waals surface area contributed by atoms with E-state index >= 15 is 0 Å². The van der Waals surface area contributed by atoms with Crippen LogP contribution >= 0.6 is 57.4 Å². The Hall–Kier alpha value is -6.33. The van der Waals surface area contributed by atoms with Crippen molar-refractivity contribution in [2.75, 3.05) is 25.3 Å². The summed E-state index contributed by atoms with van der Waals surface area (Å²) in [6.45, 7) is 5.96. The lowest BCUT2D eigenvalue weighted by Gasteiger charge is -2.49. The first-order valence-corrected chi connectivity index (χ1v) is 24.0. The number of halogens is 1. The number of nitrogens with two attached hydrogens (primary N) is 1. The van der Waals surface area contributed by atoms with Crippen molar-refractivity contribution in [2.45, 2.75) is 57.5 Å². The van der Waals surface area contributed by atoms with Gasteiger partial charge in [0.05, 0.1) is 24.6 Å². The van der Waals surface area contributed by atoms with Gasteiger partial charge in [0.2, 0.25) is 5.13 Å². The van der Waals surface area contributed by atoms with Crippen LogP contribution in [-0.4, -0.2) is 91.8 Å². The smallest absolute Gasteiger partial charge is 0.413 e. The lowest BCUT2D eigenvalue weighted by atomic mass is 10.0. The van der Waals surface area contributed by atoms with Gasteiger partial charge in [-0.15, -0.1) is 34.4 Å². The second-order valence-electron chi connectivity index (χ2n) is 15.6. The van der Waals surface area contributed by atoms with E-state index in [-0.39, 0.29) is 39.7 Å². The zero-order valence-electron chi connectivity index (χ0n) is 36.0. The van der Waals surface area contributed by atoms with Crippen LogP contribution in [0.15, 0.2) is 99.4 Å². The number of anilines is 1. The number of ether oxygens (including phenoxy) is 3. The summed E-state index contributed by atoms with van der Waals surface area (Å²) >= 11 is 11.8. The highest BCUT2D eigenvalue weighted by Gasteiger charge is 2.55. The summed E-state index contributed by atoms with van der Waals surface area (Å²) in [7, 11) is 2.80. The number of rotatable bonds is 15. The van der Waals surface area contributed by atoms with E-state index < -0.39 is 40.9 Å². The van der Waals surface area contributed by atoms with Crippen molar-refractivity contribution in [2.24, 2.45) is 15.9 Å². The Balaban J connectivity index is 1.00. The van der Waals surface area contributed by atoms with Crippen LogP contribution in [0.2, 0.25) is 4.34 Å². The number of hydrogen-bond donors (Lipinski definition) is 3. The number of oxime groups is 1. The van der Waals surface area contributed by atoms with Gasteiger partial charge < -0.3 is 34.7 Å². The second-order valence-corrected chi connectivity index (χ2v) is 20.2. The average molecular weight is 991 g/mol. The highest BCUT2D eigenvalue weighted by molar-refractivity contribution is 8.00. The van der Waals surface area contributed by atoms with Gasteiger partial charge in [-0.2, -0.15) is 0 Å². The standard InChI is InChI=1S/C43H41ClN10O8S4/c1-43(2,3)62-42(58)50-41-48-30(34(44)66-41)31(51-60-5)36(55)47-32-37(56)54-33(39(57)61-20-23-6-8-27(59-4)9-7-23)26(22-65-38(32)54)18-52-13-11-29-24(17-52)10-14-53(29)19-28-16-25(21-64-28)35(45)49-40-46-12-15-63-40/h6-17,21,32,38H,18-20,22H2,1-5H3,(H3-,45,46,47,48,49,50,55,58)/p+1/t32-,38-/m1/s1. The number of amidine groups is 1. The number of aromatic nitrogens is 4. The Bertz CT molecular complexity index is 2900. The number of thiazole rings is 2. The Morgan fingerprint density at radius 2 is 1.91 bits per heavy atom. The third-order valence-electron chi connectivity index (χ3n) is 9.92. The fraction of sp³-hybridized carbons (Fsp3) is 0.279. The number of β-lactam (4-membered cyclic amide) rings is 1. The maximum atomic E-state index is 14.1. The normalized spacial score (nSPS) is 16.5. The van der Waals surface area contributed by atoms with E-state index in [0.717, 1.165) is 38.2 Å². The number of thiophene rings is 1. The number of aliphatic imine (C=N–C) groups is 1. The minimum Gasteiger partial charge on any atom is -0.497 e. The molecule has 1 saturated heterocycles. The predicted octanol–water partition coefficient (Wildman–Crippen LogP) is 6.45. The van der Waals surface area contributed by atoms with E-state index in [9.17, 15) is 19.2 Å². The largest absolute Gasteiger partial charge is 0.497 e. The molecule has 0 radical (unpaired) electrons. The van der Waals surface area contributed by atoms with Gasteiger partial charge in [0, 0.05) is 51.0 Å². The third kappa shape index (κ3) is 10.4. The summed E-state index contributed by atoms with van der Waals surface area (Å²) in [6.07, 6.45) is 6.85. The zero-order chi connectivity index (χ0) is 46.7. The molecule has 0 aliphatic carbocycles. The molecule has 66 heavy (non-hydrogen) atoms.